The average molecular weight is 184 g/mol. The van der Waals surface area contributed by atoms with Crippen LogP contribution in [0.1, 0.15) is 84.5 Å². The topological polar surface area (TPSA) is 0 Å². The first-order chi connectivity index (χ1) is 6.00. The largest absolute Gasteiger partial charge is 0.0776 e. The third kappa shape index (κ3) is 75.0. The maximum atomic E-state index is 1.50. The van der Waals surface area contributed by atoms with Crippen LogP contribution in [-0.4, -0.2) is 0 Å². The highest BCUT2D eigenvalue weighted by molar-refractivity contribution is 4.51. The molecule has 4 saturated carbocycles. The van der Waals surface area contributed by atoms with Crippen LogP contribution in [-0.2, 0) is 0 Å². The molecule has 0 radical (unpaired) electrons. The zero-order valence-electron chi connectivity index (χ0n) is 8.49. The van der Waals surface area contributed by atoms with E-state index in [0.717, 1.165) is 0 Å². The molecule has 4 rings (SSSR count). The Balaban J connectivity index is 0.000000144. The molecule has 0 aromatic rings. The molecule has 0 nitrogen and oxygen atoms in total. The molecular formula is C13H28. The molecule has 0 atom stereocenters. The average Bonchev–Trinajstić information content (AvgIpc) is 2.99. The highest BCUT2D eigenvalue weighted by Gasteiger charge is 1.96. The fourth-order valence-corrected chi connectivity index (χ4v) is 0. The molecule has 0 heteroatoms. The summed E-state index contributed by atoms with van der Waals surface area (Å²) in [4.78, 5) is 0. The van der Waals surface area contributed by atoms with E-state index in [0.29, 0.717) is 0 Å². The highest BCUT2D eigenvalue weighted by Crippen LogP contribution is 2.15. The highest BCUT2D eigenvalue weighted by atomic mass is 14.0. The lowest BCUT2D eigenvalue weighted by Gasteiger charge is -1.05. The van der Waals surface area contributed by atoms with Crippen LogP contribution in [0.2, 0.25) is 0 Å². The summed E-state index contributed by atoms with van der Waals surface area (Å²) in [6, 6.07) is 0. The Labute approximate surface area is 85.1 Å². The lowest BCUT2D eigenvalue weighted by molar-refractivity contribution is 1.50. The molecule has 0 aromatic carbocycles. The van der Waals surface area contributed by atoms with Crippen LogP contribution in [0, 0.1) is 0 Å². The van der Waals surface area contributed by atoms with E-state index in [-0.39, 0.29) is 7.43 Å². The van der Waals surface area contributed by atoms with Gasteiger partial charge in [-0.05, 0) is 0 Å². The van der Waals surface area contributed by atoms with Crippen molar-refractivity contribution >= 4 is 0 Å². The van der Waals surface area contributed by atoms with Gasteiger partial charge in [0.25, 0.3) is 0 Å². The maximum Gasteiger partial charge on any atom is -0.0533 e. The molecular weight excluding hydrogens is 156 g/mol. The fraction of sp³-hybridized carbons (Fsp3) is 1.00. The second-order valence-corrected chi connectivity index (χ2v) is 4.24. The van der Waals surface area contributed by atoms with E-state index in [9.17, 15) is 0 Å². The normalized spacial score (nSPS) is 22.2. The van der Waals surface area contributed by atoms with Crippen LogP contribution in [0.4, 0.5) is 0 Å². The van der Waals surface area contributed by atoms with Crippen molar-refractivity contribution in [3.8, 4) is 0 Å². The van der Waals surface area contributed by atoms with Crippen molar-refractivity contribution in [1.29, 1.82) is 0 Å². The standard InChI is InChI=1S/4C3H6.CH4/c4*1-2-3-1;/h4*1-3H2;1H4. The molecule has 0 bridgehead atoms. The van der Waals surface area contributed by atoms with E-state index in [4.69, 9.17) is 0 Å². The Hall–Kier alpha value is 0. The van der Waals surface area contributed by atoms with Crippen LogP contribution in [0.3, 0.4) is 0 Å². The van der Waals surface area contributed by atoms with Gasteiger partial charge in [-0.25, -0.2) is 0 Å². The second kappa shape index (κ2) is 10.1. The van der Waals surface area contributed by atoms with Gasteiger partial charge in [-0.1, -0.05) is 84.5 Å². The van der Waals surface area contributed by atoms with Gasteiger partial charge >= 0.3 is 0 Å². The molecule has 4 fully saturated rings. The first-order valence-electron chi connectivity index (χ1n) is 6.00. The van der Waals surface area contributed by atoms with E-state index in [2.05, 4.69) is 0 Å². The zero-order chi connectivity index (χ0) is 8.49. The zero-order valence-corrected chi connectivity index (χ0v) is 8.49. The Morgan fingerprint density at radius 3 is 0.308 bits per heavy atom. The fourth-order valence-electron chi connectivity index (χ4n) is 0. The number of hydrogen-bond donors (Lipinski definition) is 0. The van der Waals surface area contributed by atoms with E-state index >= 15 is 0 Å². The van der Waals surface area contributed by atoms with Gasteiger partial charge < -0.3 is 0 Å². The monoisotopic (exact) mass is 184 g/mol. The van der Waals surface area contributed by atoms with Crippen molar-refractivity contribution in [2.45, 2.75) is 84.5 Å². The van der Waals surface area contributed by atoms with Crippen molar-refractivity contribution in [3.05, 3.63) is 0 Å². The third-order valence-electron chi connectivity index (χ3n) is 1.41. The van der Waals surface area contributed by atoms with Crippen LogP contribution < -0.4 is 0 Å². The van der Waals surface area contributed by atoms with Gasteiger partial charge in [0.2, 0.25) is 0 Å². The summed E-state index contributed by atoms with van der Waals surface area (Å²) in [5.74, 6) is 0. The first-order valence-corrected chi connectivity index (χ1v) is 6.00. The van der Waals surface area contributed by atoms with Crippen LogP contribution >= 0.6 is 0 Å². The molecule has 0 aromatic heterocycles. The predicted octanol–water partition coefficient (Wildman–Crippen LogP) is 5.32. The summed E-state index contributed by atoms with van der Waals surface area (Å²) in [6.45, 7) is 0. The molecule has 0 unspecified atom stereocenters. The van der Waals surface area contributed by atoms with Crippen molar-refractivity contribution in [2.24, 2.45) is 0 Å². The van der Waals surface area contributed by atoms with Crippen LogP contribution in [0.5, 0.6) is 0 Å². The molecule has 0 N–H and O–H groups in total. The van der Waals surface area contributed by atoms with Crippen LogP contribution in [0.25, 0.3) is 0 Å². The summed E-state index contributed by atoms with van der Waals surface area (Å²) >= 11 is 0. The van der Waals surface area contributed by atoms with E-state index < -0.39 is 0 Å². The van der Waals surface area contributed by atoms with Gasteiger partial charge in [0.1, 0.15) is 0 Å². The minimum Gasteiger partial charge on any atom is -0.0776 e. The van der Waals surface area contributed by atoms with Crippen molar-refractivity contribution in [1.82, 2.24) is 0 Å². The van der Waals surface area contributed by atoms with Crippen molar-refractivity contribution < 1.29 is 0 Å². The minimum absolute atomic E-state index is 0. The Morgan fingerprint density at radius 2 is 0.308 bits per heavy atom. The van der Waals surface area contributed by atoms with Gasteiger partial charge in [-0.15, -0.1) is 0 Å². The molecule has 0 heterocycles. The Morgan fingerprint density at radius 1 is 0.231 bits per heavy atom. The third-order valence-corrected chi connectivity index (χ3v) is 1.41. The smallest absolute Gasteiger partial charge is 0.0533 e. The van der Waals surface area contributed by atoms with E-state index in [1.54, 1.807) is 0 Å². The molecule has 0 aliphatic heterocycles. The molecule has 4 aliphatic carbocycles. The number of hydrogen-bond acceptors (Lipinski definition) is 0. The Kier molecular flexibility index (Phi) is 10.1. The van der Waals surface area contributed by atoms with Gasteiger partial charge in [0.15, 0.2) is 0 Å². The first kappa shape index (κ1) is 13.0. The summed E-state index contributed by atoms with van der Waals surface area (Å²) in [5, 5.41) is 0. The molecule has 0 amide bonds. The lowest BCUT2D eigenvalue weighted by atomic mass is 11.0. The van der Waals surface area contributed by atoms with E-state index in [1.165, 1.54) is 77.0 Å². The lowest BCUT2D eigenvalue weighted by Crippen LogP contribution is -0.856. The molecule has 4 aliphatic rings. The van der Waals surface area contributed by atoms with Gasteiger partial charge in [-0.2, -0.15) is 0 Å². The molecule has 80 valence electrons. The Bertz CT molecular complexity index is 43.0. The summed E-state index contributed by atoms with van der Waals surface area (Å²) in [5.41, 5.74) is 0. The van der Waals surface area contributed by atoms with Crippen molar-refractivity contribution in [2.75, 3.05) is 0 Å². The van der Waals surface area contributed by atoms with Crippen LogP contribution in [0.15, 0.2) is 0 Å². The van der Waals surface area contributed by atoms with Gasteiger partial charge in [-0.3, -0.25) is 0 Å². The maximum absolute atomic E-state index is 1.50. The summed E-state index contributed by atoms with van der Waals surface area (Å²) < 4.78 is 0. The predicted molar refractivity (Wildman–Crippen MR) is 62.1 cm³/mol. The summed E-state index contributed by atoms with van der Waals surface area (Å²) in [7, 11) is 0. The van der Waals surface area contributed by atoms with Gasteiger partial charge in [0.05, 0.1) is 0 Å². The van der Waals surface area contributed by atoms with Crippen molar-refractivity contribution in [3.63, 3.8) is 0 Å². The molecule has 0 saturated heterocycles. The van der Waals surface area contributed by atoms with E-state index in [1.807, 2.05) is 0 Å². The minimum atomic E-state index is 0. The van der Waals surface area contributed by atoms with Gasteiger partial charge in [0, 0.05) is 0 Å². The molecule has 13 heavy (non-hydrogen) atoms. The second-order valence-electron chi connectivity index (χ2n) is 4.24. The number of rotatable bonds is 0. The SMILES string of the molecule is C.C1CC1.C1CC1.C1CC1.C1CC1. The summed E-state index contributed by atoms with van der Waals surface area (Å²) in [6.07, 6.45) is 18.0. The quantitative estimate of drug-likeness (QED) is 0.478. The molecule has 0 spiro atoms.